The quantitative estimate of drug-likeness (QED) is 0.121. The Balaban J connectivity index is 1.51. The second kappa shape index (κ2) is 9.78. The number of nitro groups is 1. The number of halogens is 1. The van der Waals surface area contributed by atoms with E-state index in [1.165, 1.54) is 12.1 Å². The van der Waals surface area contributed by atoms with Gasteiger partial charge in [0.15, 0.2) is 0 Å². The molecule has 2 aliphatic rings. The zero-order chi connectivity index (χ0) is 26.3. The van der Waals surface area contributed by atoms with Crippen LogP contribution in [-0.4, -0.2) is 40.2 Å². The van der Waals surface area contributed by atoms with Crippen molar-refractivity contribution in [3.63, 3.8) is 0 Å². The molecule has 188 valence electrons. The van der Waals surface area contributed by atoms with Crippen molar-refractivity contribution in [2.24, 2.45) is 0 Å². The monoisotopic (exact) mass is 563 g/mol. The number of hydrogen-bond donors (Lipinski definition) is 0. The van der Waals surface area contributed by atoms with E-state index < -0.39 is 34.7 Å². The number of benzene rings is 3. The molecular weight excluding hydrogens is 542 g/mol. The van der Waals surface area contributed by atoms with Crippen LogP contribution in [0.2, 0.25) is 0 Å². The van der Waals surface area contributed by atoms with E-state index in [4.69, 9.17) is 4.74 Å². The SMILES string of the molecule is CCCCOc1ccc(C2C(N3C(=O)c4ccc([N+](=O)[O-])cc4C3=O)C(=O)N2c2ccc(Br)cc2)cc1. The Morgan fingerprint density at radius 1 is 0.892 bits per heavy atom. The largest absolute Gasteiger partial charge is 0.494 e. The minimum atomic E-state index is -1.10. The first kappa shape index (κ1) is 24.6. The lowest BCUT2D eigenvalue weighted by Crippen LogP contribution is -2.67. The summed E-state index contributed by atoms with van der Waals surface area (Å²) in [6.07, 6.45) is 1.94. The first-order chi connectivity index (χ1) is 17.8. The highest BCUT2D eigenvalue weighted by molar-refractivity contribution is 9.10. The molecule has 37 heavy (non-hydrogen) atoms. The Labute approximate surface area is 220 Å². The molecule has 0 radical (unpaired) electrons. The van der Waals surface area contributed by atoms with Gasteiger partial charge in [0.2, 0.25) is 0 Å². The molecule has 2 atom stereocenters. The highest BCUT2D eigenvalue weighted by Gasteiger charge is 2.57. The fourth-order valence-corrected chi connectivity index (χ4v) is 4.92. The normalized spacial score (nSPS) is 18.6. The van der Waals surface area contributed by atoms with Gasteiger partial charge < -0.3 is 9.64 Å². The maximum Gasteiger partial charge on any atom is 0.270 e. The number of β-lactam (4-membered cyclic amide) rings is 1. The van der Waals surface area contributed by atoms with E-state index in [-0.39, 0.29) is 16.8 Å². The molecule has 2 aliphatic heterocycles. The number of anilines is 1. The Bertz CT molecular complexity index is 1410. The second-order valence-electron chi connectivity index (χ2n) is 8.81. The van der Waals surface area contributed by atoms with Crippen molar-refractivity contribution < 1.29 is 24.0 Å². The molecule has 2 heterocycles. The number of amides is 3. The maximum absolute atomic E-state index is 13.5. The molecule has 9 nitrogen and oxygen atoms in total. The van der Waals surface area contributed by atoms with Crippen LogP contribution in [0.5, 0.6) is 5.75 Å². The van der Waals surface area contributed by atoms with Gasteiger partial charge in [-0.25, -0.2) is 0 Å². The molecule has 10 heteroatoms. The van der Waals surface area contributed by atoms with Crippen LogP contribution >= 0.6 is 15.9 Å². The molecule has 3 aromatic carbocycles. The highest BCUT2D eigenvalue weighted by Crippen LogP contribution is 2.45. The maximum atomic E-state index is 13.5. The third-order valence-corrected chi connectivity index (χ3v) is 7.08. The molecule has 0 saturated carbocycles. The number of fused-ring (bicyclic) bond motifs is 1. The number of carbonyl (C=O) groups excluding carboxylic acids is 3. The van der Waals surface area contributed by atoms with Crippen LogP contribution < -0.4 is 9.64 Å². The number of nitro benzene ring substituents is 1. The fourth-order valence-electron chi connectivity index (χ4n) is 4.66. The Morgan fingerprint density at radius 3 is 2.22 bits per heavy atom. The van der Waals surface area contributed by atoms with E-state index in [1.54, 1.807) is 41.3 Å². The van der Waals surface area contributed by atoms with Crippen molar-refractivity contribution in [1.82, 2.24) is 4.90 Å². The van der Waals surface area contributed by atoms with E-state index in [2.05, 4.69) is 22.9 Å². The summed E-state index contributed by atoms with van der Waals surface area (Å²) in [5.74, 6) is -1.10. The number of hydrogen-bond acceptors (Lipinski definition) is 6. The van der Waals surface area contributed by atoms with E-state index in [9.17, 15) is 24.5 Å². The molecule has 0 aromatic heterocycles. The van der Waals surface area contributed by atoms with Gasteiger partial charge in [0, 0.05) is 22.3 Å². The molecule has 3 amide bonds. The number of ether oxygens (including phenoxy) is 1. The molecule has 1 saturated heterocycles. The molecule has 5 rings (SSSR count). The zero-order valence-corrected chi connectivity index (χ0v) is 21.4. The first-order valence-electron chi connectivity index (χ1n) is 11.8. The third kappa shape index (κ3) is 4.27. The second-order valence-corrected chi connectivity index (χ2v) is 9.73. The molecule has 0 N–H and O–H groups in total. The number of imide groups is 1. The summed E-state index contributed by atoms with van der Waals surface area (Å²) in [5, 5.41) is 11.2. The van der Waals surface area contributed by atoms with Crippen LogP contribution in [0.25, 0.3) is 0 Å². The van der Waals surface area contributed by atoms with Gasteiger partial charge in [-0.2, -0.15) is 0 Å². The lowest BCUT2D eigenvalue weighted by Gasteiger charge is -2.49. The Kier molecular flexibility index (Phi) is 6.51. The fraction of sp³-hybridized carbons (Fsp3) is 0.222. The molecule has 2 unspecified atom stereocenters. The average molecular weight is 564 g/mol. The lowest BCUT2D eigenvalue weighted by atomic mass is 9.86. The van der Waals surface area contributed by atoms with Crippen LogP contribution in [0, 0.1) is 10.1 Å². The van der Waals surface area contributed by atoms with Gasteiger partial charge in [0.25, 0.3) is 23.4 Å². The van der Waals surface area contributed by atoms with Crippen LogP contribution in [0.15, 0.2) is 71.2 Å². The summed E-state index contributed by atoms with van der Waals surface area (Å²) in [6, 6.07) is 16.2. The summed E-state index contributed by atoms with van der Waals surface area (Å²) in [5.41, 5.74) is 1.01. The standard InChI is InChI=1S/C27H22BrN3O6/c1-2-3-14-37-20-11-4-16(5-12-20)23-24(27(34)29(23)18-8-6-17(28)7-9-18)30-25(32)21-13-10-19(31(35)36)15-22(21)26(30)33/h4-13,15,23-24H,2-3,14H2,1H3. The number of nitrogens with zero attached hydrogens (tertiary/aromatic N) is 3. The van der Waals surface area contributed by atoms with E-state index in [0.29, 0.717) is 18.0 Å². The predicted octanol–water partition coefficient (Wildman–Crippen LogP) is 5.29. The van der Waals surface area contributed by atoms with Gasteiger partial charge in [0.05, 0.1) is 28.7 Å². The molecule has 3 aromatic rings. The smallest absolute Gasteiger partial charge is 0.270 e. The average Bonchev–Trinajstić information content (AvgIpc) is 3.13. The third-order valence-electron chi connectivity index (χ3n) is 6.55. The van der Waals surface area contributed by atoms with E-state index in [0.717, 1.165) is 33.8 Å². The lowest BCUT2D eigenvalue weighted by molar-refractivity contribution is -0.384. The van der Waals surface area contributed by atoms with Gasteiger partial charge in [0.1, 0.15) is 11.8 Å². The van der Waals surface area contributed by atoms with Gasteiger partial charge in [-0.1, -0.05) is 41.4 Å². The van der Waals surface area contributed by atoms with Gasteiger partial charge in [-0.15, -0.1) is 0 Å². The van der Waals surface area contributed by atoms with E-state index >= 15 is 0 Å². The molecular formula is C27H22BrN3O6. The summed E-state index contributed by atoms with van der Waals surface area (Å²) in [6.45, 7) is 2.67. The zero-order valence-electron chi connectivity index (χ0n) is 19.8. The van der Waals surface area contributed by atoms with Crippen molar-refractivity contribution in [3.8, 4) is 5.75 Å². The number of unbranched alkanes of at least 4 members (excludes halogenated alkanes) is 1. The van der Waals surface area contributed by atoms with Crippen LogP contribution in [-0.2, 0) is 4.79 Å². The topological polar surface area (TPSA) is 110 Å². The van der Waals surface area contributed by atoms with Crippen molar-refractivity contribution in [3.05, 3.63) is 98.0 Å². The van der Waals surface area contributed by atoms with Crippen LogP contribution in [0.1, 0.15) is 52.1 Å². The first-order valence-corrected chi connectivity index (χ1v) is 12.6. The molecule has 0 spiro atoms. The van der Waals surface area contributed by atoms with Gasteiger partial charge >= 0.3 is 0 Å². The molecule has 0 bridgehead atoms. The Hall–Kier alpha value is -4.05. The minimum Gasteiger partial charge on any atom is -0.494 e. The van der Waals surface area contributed by atoms with Crippen molar-refractivity contribution >= 4 is 45.0 Å². The summed E-state index contributed by atoms with van der Waals surface area (Å²) < 4.78 is 6.59. The van der Waals surface area contributed by atoms with Crippen molar-refractivity contribution in [2.45, 2.75) is 31.8 Å². The van der Waals surface area contributed by atoms with E-state index in [1.807, 2.05) is 12.1 Å². The van der Waals surface area contributed by atoms with Gasteiger partial charge in [-0.05, 0) is 54.4 Å². The molecule has 0 aliphatic carbocycles. The van der Waals surface area contributed by atoms with Crippen molar-refractivity contribution in [1.29, 1.82) is 0 Å². The van der Waals surface area contributed by atoms with Crippen molar-refractivity contribution in [2.75, 3.05) is 11.5 Å². The number of non-ortho nitro benzene ring substituents is 1. The number of carbonyl (C=O) groups is 3. The van der Waals surface area contributed by atoms with Gasteiger partial charge in [-0.3, -0.25) is 29.4 Å². The summed E-state index contributed by atoms with van der Waals surface area (Å²) in [4.78, 5) is 53.2. The highest BCUT2D eigenvalue weighted by atomic mass is 79.9. The van der Waals surface area contributed by atoms with Crippen LogP contribution in [0.4, 0.5) is 11.4 Å². The Morgan fingerprint density at radius 2 is 1.57 bits per heavy atom. The summed E-state index contributed by atoms with van der Waals surface area (Å²) in [7, 11) is 0. The molecule has 1 fully saturated rings. The predicted molar refractivity (Wildman–Crippen MR) is 139 cm³/mol. The van der Waals surface area contributed by atoms with Crippen LogP contribution in [0.3, 0.4) is 0 Å². The minimum absolute atomic E-state index is 0.0453. The summed E-state index contributed by atoms with van der Waals surface area (Å²) >= 11 is 3.39. The number of rotatable bonds is 8.